The molecule has 2 amide bonds. The molecule has 4 rings (SSSR count). The number of amides is 2. The van der Waals surface area contributed by atoms with Crippen LogP contribution in [0, 0.1) is 13.8 Å². The average molecular weight is 675 g/mol. The Morgan fingerprint density at radius 3 is 1.80 bits per heavy atom. The lowest BCUT2D eigenvalue weighted by atomic mass is 10.1. The summed E-state index contributed by atoms with van der Waals surface area (Å²) in [6.07, 6.45) is 1.79. The Hall–Kier alpha value is -5.21. The minimum Gasteiger partial charge on any atom is -0.481 e. The number of aromatic nitrogens is 4. The maximum atomic E-state index is 11.0. The van der Waals surface area contributed by atoms with Crippen LogP contribution < -0.4 is 40.2 Å². The fourth-order valence-electron chi connectivity index (χ4n) is 5.00. The summed E-state index contributed by atoms with van der Waals surface area (Å²) in [5, 5.41) is 12.0. The fourth-order valence-corrected chi connectivity index (χ4v) is 5.00. The van der Waals surface area contributed by atoms with E-state index in [1.165, 1.54) is 13.8 Å². The number of benzene rings is 1. The standard InChI is InChI=1S/C35H46N8O6/c1-23-29(20-48-32-12-10-27(34(41-32)46-5)18-36-14-16-38-25(3)44)8-7-9-31(23)43-22-40-30(24(43)2)21-49-33-13-11-28(35(42-33)47-6)19-37-15-17-39-26(4)45/h7-13,22,36-37H,14-21H2,1-6H3,(H,38,44)(H,39,45). The van der Waals surface area contributed by atoms with E-state index in [9.17, 15) is 9.59 Å². The largest absolute Gasteiger partial charge is 0.481 e. The maximum Gasteiger partial charge on any atom is 0.220 e. The van der Waals surface area contributed by atoms with Crippen LogP contribution >= 0.6 is 0 Å². The Kier molecular flexibility index (Phi) is 13.7. The molecule has 14 nitrogen and oxygen atoms in total. The second kappa shape index (κ2) is 18.4. The lowest BCUT2D eigenvalue weighted by Gasteiger charge is -2.15. The van der Waals surface area contributed by atoms with E-state index >= 15 is 0 Å². The number of hydrogen-bond acceptors (Lipinski definition) is 11. The van der Waals surface area contributed by atoms with Crippen molar-refractivity contribution in [2.45, 2.75) is 54.0 Å². The van der Waals surface area contributed by atoms with Crippen molar-refractivity contribution in [1.29, 1.82) is 0 Å². The number of rotatable bonds is 19. The van der Waals surface area contributed by atoms with E-state index < -0.39 is 0 Å². The second-order valence-corrected chi connectivity index (χ2v) is 11.2. The highest BCUT2D eigenvalue weighted by atomic mass is 16.5. The molecule has 0 aliphatic rings. The number of carbonyl (C=O) groups excluding carboxylic acids is 2. The van der Waals surface area contributed by atoms with Crippen LogP contribution in [0.1, 0.15) is 47.5 Å². The molecule has 1 aromatic carbocycles. The molecule has 0 unspecified atom stereocenters. The van der Waals surface area contributed by atoms with Crippen molar-refractivity contribution in [3.63, 3.8) is 0 Å². The molecular weight excluding hydrogens is 628 g/mol. The van der Waals surface area contributed by atoms with Crippen LogP contribution in [0.2, 0.25) is 0 Å². The van der Waals surface area contributed by atoms with Crippen molar-refractivity contribution in [3.05, 3.63) is 82.4 Å². The Balaban J connectivity index is 1.35. The SMILES string of the molecule is COc1nc(OCc2cccc(-n3cnc(COc4ccc(CNCCNC(C)=O)c(OC)n4)c3C)c2C)ccc1CNCCNC(C)=O. The topological polar surface area (TPSA) is 163 Å². The van der Waals surface area contributed by atoms with Gasteiger partial charge in [0.15, 0.2) is 0 Å². The molecule has 0 atom stereocenters. The van der Waals surface area contributed by atoms with Gasteiger partial charge in [-0.2, -0.15) is 9.97 Å². The third kappa shape index (κ3) is 10.6. The molecular formula is C35H46N8O6. The second-order valence-electron chi connectivity index (χ2n) is 11.2. The first-order valence-electron chi connectivity index (χ1n) is 16.1. The highest BCUT2D eigenvalue weighted by Gasteiger charge is 2.15. The predicted molar refractivity (Wildman–Crippen MR) is 184 cm³/mol. The van der Waals surface area contributed by atoms with Crippen LogP contribution in [-0.2, 0) is 35.9 Å². The molecule has 0 spiro atoms. The smallest absolute Gasteiger partial charge is 0.220 e. The molecule has 4 aromatic rings. The highest BCUT2D eigenvalue weighted by molar-refractivity contribution is 5.73. The number of ether oxygens (including phenoxy) is 4. The molecule has 0 saturated heterocycles. The summed E-state index contributed by atoms with van der Waals surface area (Å²) in [4.78, 5) is 35.7. The van der Waals surface area contributed by atoms with Crippen molar-refractivity contribution in [2.75, 3.05) is 40.4 Å². The van der Waals surface area contributed by atoms with Gasteiger partial charge in [0.2, 0.25) is 35.3 Å². The minimum absolute atomic E-state index is 0.0567. The van der Waals surface area contributed by atoms with Gasteiger partial charge in [-0.25, -0.2) is 4.98 Å². The van der Waals surface area contributed by atoms with Gasteiger partial charge in [0, 0.05) is 82.1 Å². The van der Waals surface area contributed by atoms with Crippen molar-refractivity contribution >= 4 is 11.8 Å². The summed E-state index contributed by atoms with van der Waals surface area (Å²) >= 11 is 0. The molecule has 3 aromatic heterocycles. The first-order valence-corrected chi connectivity index (χ1v) is 16.1. The van der Waals surface area contributed by atoms with Gasteiger partial charge in [0.05, 0.1) is 31.9 Å². The monoisotopic (exact) mass is 674 g/mol. The predicted octanol–water partition coefficient (Wildman–Crippen LogP) is 2.91. The first kappa shape index (κ1) is 36.6. The molecule has 4 N–H and O–H groups in total. The van der Waals surface area contributed by atoms with Crippen LogP contribution in [0.3, 0.4) is 0 Å². The molecule has 14 heteroatoms. The number of pyridine rings is 2. The number of methoxy groups -OCH3 is 2. The summed E-state index contributed by atoms with van der Waals surface area (Å²) in [6.45, 7) is 11.0. The number of hydrogen-bond donors (Lipinski definition) is 4. The van der Waals surface area contributed by atoms with Crippen LogP contribution in [0.5, 0.6) is 23.5 Å². The zero-order valence-corrected chi connectivity index (χ0v) is 29.0. The van der Waals surface area contributed by atoms with Gasteiger partial charge in [-0.05, 0) is 43.2 Å². The van der Waals surface area contributed by atoms with Crippen LogP contribution in [-0.4, -0.2) is 71.7 Å². The molecule has 0 bridgehead atoms. The van der Waals surface area contributed by atoms with E-state index in [0.717, 1.165) is 39.3 Å². The van der Waals surface area contributed by atoms with Gasteiger partial charge in [-0.3, -0.25) is 9.59 Å². The van der Waals surface area contributed by atoms with Crippen molar-refractivity contribution in [3.8, 4) is 29.2 Å². The zero-order chi connectivity index (χ0) is 35.2. The van der Waals surface area contributed by atoms with Gasteiger partial charge < -0.3 is 44.8 Å². The minimum atomic E-state index is -0.0586. The van der Waals surface area contributed by atoms with Crippen molar-refractivity contribution in [2.24, 2.45) is 0 Å². The van der Waals surface area contributed by atoms with Gasteiger partial charge in [0.1, 0.15) is 13.2 Å². The molecule has 0 aliphatic heterocycles. The molecule has 0 aliphatic carbocycles. The Morgan fingerprint density at radius 2 is 1.27 bits per heavy atom. The molecule has 262 valence electrons. The average Bonchev–Trinajstić information content (AvgIpc) is 3.46. The third-order valence-corrected chi connectivity index (χ3v) is 7.71. The number of carbonyl (C=O) groups is 2. The first-order chi connectivity index (χ1) is 23.7. The van der Waals surface area contributed by atoms with Gasteiger partial charge in [0.25, 0.3) is 0 Å². The van der Waals surface area contributed by atoms with E-state index in [2.05, 4.69) is 43.1 Å². The van der Waals surface area contributed by atoms with Crippen LogP contribution in [0.15, 0.2) is 48.8 Å². The lowest BCUT2D eigenvalue weighted by molar-refractivity contribution is -0.119. The van der Waals surface area contributed by atoms with E-state index in [4.69, 9.17) is 18.9 Å². The van der Waals surface area contributed by atoms with E-state index in [0.29, 0.717) is 69.4 Å². The van der Waals surface area contributed by atoms with Gasteiger partial charge >= 0.3 is 0 Å². The molecule has 0 saturated carbocycles. The fraction of sp³-hybridized carbons (Fsp3) is 0.400. The Labute approximate surface area is 286 Å². The Morgan fingerprint density at radius 1 is 0.714 bits per heavy atom. The lowest BCUT2D eigenvalue weighted by Crippen LogP contribution is -2.30. The Bertz CT molecular complexity index is 1710. The highest BCUT2D eigenvalue weighted by Crippen LogP contribution is 2.25. The molecule has 49 heavy (non-hydrogen) atoms. The molecule has 3 heterocycles. The van der Waals surface area contributed by atoms with E-state index in [1.807, 2.05) is 47.9 Å². The molecule has 0 fully saturated rings. The zero-order valence-electron chi connectivity index (χ0n) is 29.0. The van der Waals surface area contributed by atoms with Gasteiger partial charge in [-0.1, -0.05) is 12.1 Å². The normalized spacial score (nSPS) is 10.8. The van der Waals surface area contributed by atoms with Crippen LogP contribution in [0.4, 0.5) is 0 Å². The number of nitrogens with one attached hydrogen (secondary N) is 4. The summed E-state index contributed by atoms with van der Waals surface area (Å²) in [5.41, 5.74) is 6.55. The number of nitrogens with zero attached hydrogens (tertiary/aromatic N) is 4. The summed E-state index contributed by atoms with van der Waals surface area (Å²) in [6, 6.07) is 13.5. The van der Waals surface area contributed by atoms with Crippen molar-refractivity contribution in [1.82, 2.24) is 40.8 Å². The van der Waals surface area contributed by atoms with E-state index in [1.54, 1.807) is 26.6 Å². The number of imidazole rings is 1. The third-order valence-electron chi connectivity index (χ3n) is 7.71. The summed E-state index contributed by atoms with van der Waals surface area (Å²) in [5.74, 6) is 1.72. The quantitative estimate of drug-likeness (QED) is 0.108. The van der Waals surface area contributed by atoms with E-state index in [-0.39, 0.29) is 18.4 Å². The summed E-state index contributed by atoms with van der Waals surface area (Å²) < 4.78 is 25.1. The maximum absolute atomic E-state index is 11.0. The van der Waals surface area contributed by atoms with Crippen LogP contribution in [0.25, 0.3) is 5.69 Å². The van der Waals surface area contributed by atoms with Crippen molar-refractivity contribution < 1.29 is 28.5 Å². The summed E-state index contributed by atoms with van der Waals surface area (Å²) in [7, 11) is 3.15. The molecule has 0 radical (unpaired) electrons. The van der Waals surface area contributed by atoms with Gasteiger partial charge in [-0.15, -0.1) is 0 Å².